The van der Waals surface area contributed by atoms with Crippen molar-refractivity contribution in [2.45, 2.75) is 50.3 Å². The number of amides is 1. The lowest BCUT2D eigenvalue weighted by atomic mass is 10.1. The quantitative estimate of drug-likeness (QED) is 0.202. The van der Waals surface area contributed by atoms with Gasteiger partial charge in [-0.1, -0.05) is 56.9 Å². The van der Waals surface area contributed by atoms with Crippen molar-refractivity contribution in [1.82, 2.24) is 4.90 Å². The third-order valence-corrected chi connectivity index (χ3v) is 8.25. The fraction of sp³-hybridized carbons (Fsp3) is 0.429. The van der Waals surface area contributed by atoms with Crippen LogP contribution in [0.5, 0.6) is 11.5 Å². The molecule has 1 saturated heterocycles. The number of hydrogen-bond acceptors (Lipinski definition) is 7. The molecule has 0 radical (unpaired) electrons. The number of thioether (sulfide) groups is 1. The van der Waals surface area contributed by atoms with Crippen LogP contribution in [0.2, 0.25) is 0 Å². The number of methoxy groups -OCH3 is 2. The molecule has 8 nitrogen and oxygen atoms in total. The molecule has 0 unspecified atom stereocenters. The topological polar surface area (TPSA) is 94.5 Å². The lowest BCUT2D eigenvalue weighted by Crippen LogP contribution is -2.31. The highest BCUT2D eigenvalue weighted by molar-refractivity contribution is 8.19. The Kier molecular flexibility index (Phi) is 11.7. The highest BCUT2D eigenvalue weighted by atomic mass is 32.2. The first-order valence-corrected chi connectivity index (χ1v) is 15.1. The Morgan fingerprint density at radius 1 is 0.947 bits per heavy atom. The van der Waals surface area contributed by atoms with Crippen molar-refractivity contribution in [3.8, 4) is 11.5 Å². The van der Waals surface area contributed by atoms with Gasteiger partial charge in [-0.15, -0.1) is 4.40 Å². The van der Waals surface area contributed by atoms with E-state index in [-0.39, 0.29) is 22.5 Å². The zero-order valence-electron chi connectivity index (χ0n) is 22.2. The van der Waals surface area contributed by atoms with E-state index < -0.39 is 10.0 Å². The van der Waals surface area contributed by atoms with Gasteiger partial charge >= 0.3 is 0 Å². The maximum Gasteiger partial charge on any atom is 0.284 e. The smallest absolute Gasteiger partial charge is 0.284 e. The van der Waals surface area contributed by atoms with Gasteiger partial charge in [0.25, 0.3) is 15.9 Å². The average molecular weight is 561 g/mol. The Labute approximate surface area is 230 Å². The third-order valence-electron chi connectivity index (χ3n) is 5.85. The molecule has 1 aliphatic heterocycles. The first-order chi connectivity index (χ1) is 18.4. The van der Waals surface area contributed by atoms with Crippen LogP contribution in [0.1, 0.15) is 51.0 Å². The van der Waals surface area contributed by atoms with Gasteiger partial charge in [-0.05, 0) is 60.5 Å². The predicted molar refractivity (Wildman–Crippen MR) is 152 cm³/mol. The van der Waals surface area contributed by atoms with Crippen LogP contribution in [0.15, 0.2) is 62.7 Å². The summed E-state index contributed by atoms with van der Waals surface area (Å²) < 4.78 is 46.4. The van der Waals surface area contributed by atoms with Crippen LogP contribution < -0.4 is 9.47 Å². The summed E-state index contributed by atoms with van der Waals surface area (Å²) in [6.45, 7) is 3.52. The molecular weight excluding hydrogens is 524 g/mol. The van der Waals surface area contributed by atoms with E-state index in [0.29, 0.717) is 36.0 Å². The van der Waals surface area contributed by atoms with Gasteiger partial charge < -0.3 is 14.2 Å². The van der Waals surface area contributed by atoms with Gasteiger partial charge in [-0.25, -0.2) is 0 Å². The highest BCUT2D eigenvalue weighted by Crippen LogP contribution is 2.35. The van der Waals surface area contributed by atoms with E-state index in [1.54, 1.807) is 44.6 Å². The highest BCUT2D eigenvalue weighted by Gasteiger charge is 2.34. The molecule has 2 aromatic carbocycles. The van der Waals surface area contributed by atoms with Crippen molar-refractivity contribution >= 4 is 38.9 Å². The molecule has 1 heterocycles. The SMILES string of the molecule is CCCCCCCOc1ccc(/C=C2\S/C(=N/S(=O)(=O)c3ccccc3)N(CCCOC)C2=O)cc1OC. The minimum atomic E-state index is -3.98. The summed E-state index contributed by atoms with van der Waals surface area (Å²) in [5, 5.41) is 0.121. The lowest BCUT2D eigenvalue weighted by molar-refractivity contribution is -0.122. The second kappa shape index (κ2) is 14.9. The predicted octanol–water partition coefficient (Wildman–Crippen LogP) is 5.74. The molecule has 0 aliphatic carbocycles. The van der Waals surface area contributed by atoms with Crippen LogP contribution in [0, 0.1) is 0 Å². The number of rotatable bonds is 15. The van der Waals surface area contributed by atoms with E-state index in [1.165, 1.54) is 36.3 Å². The fourth-order valence-corrected chi connectivity index (χ4v) is 6.05. The summed E-state index contributed by atoms with van der Waals surface area (Å²) in [6.07, 6.45) is 8.00. The molecule has 0 saturated carbocycles. The van der Waals surface area contributed by atoms with Gasteiger partial charge in [0.05, 0.1) is 23.5 Å². The number of ether oxygens (including phenoxy) is 3. The molecule has 1 aliphatic rings. The van der Waals surface area contributed by atoms with Crippen LogP contribution in [-0.2, 0) is 19.6 Å². The Morgan fingerprint density at radius 3 is 2.42 bits per heavy atom. The number of unbranched alkanes of at least 4 members (excludes halogenated alkanes) is 4. The van der Waals surface area contributed by atoms with E-state index in [2.05, 4.69) is 11.3 Å². The summed E-state index contributed by atoms with van der Waals surface area (Å²) >= 11 is 1.04. The maximum atomic E-state index is 13.3. The maximum absolute atomic E-state index is 13.3. The minimum absolute atomic E-state index is 0.0699. The molecule has 1 fully saturated rings. The minimum Gasteiger partial charge on any atom is -0.493 e. The summed E-state index contributed by atoms with van der Waals surface area (Å²) in [5.74, 6) is 0.910. The zero-order chi connectivity index (χ0) is 27.4. The van der Waals surface area contributed by atoms with Crippen molar-refractivity contribution in [3.63, 3.8) is 0 Å². The molecule has 38 heavy (non-hydrogen) atoms. The van der Waals surface area contributed by atoms with E-state index in [9.17, 15) is 13.2 Å². The summed E-state index contributed by atoms with van der Waals surface area (Å²) in [4.78, 5) is 15.1. The molecule has 206 valence electrons. The monoisotopic (exact) mass is 560 g/mol. The van der Waals surface area contributed by atoms with E-state index in [0.717, 1.165) is 30.2 Å². The molecular formula is C28H36N2O6S2. The molecule has 10 heteroatoms. The van der Waals surface area contributed by atoms with E-state index in [4.69, 9.17) is 14.2 Å². The Morgan fingerprint density at radius 2 is 1.71 bits per heavy atom. The third kappa shape index (κ3) is 8.34. The first kappa shape index (κ1) is 29.7. The molecule has 0 aromatic heterocycles. The van der Waals surface area contributed by atoms with Crippen molar-refractivity contribution in [1.29, 1.82) is 0 Å². The molecule has 0 spiro atoms. The van der Waals surface area contributed by atoms with Crippen LogP contribution in [0.4, 0.5) is 0 Å². The Bertz CT molecular complexity index is 1230. The number of hydrogen-bond donors (Lipinski definition) is 0. The van der Waals surface area contributed by atoms with Crippen LogP contribution in [0.25, 0.3) is 6.08 Å². The molecule has 0 bridgehead atoms. The molecule has 0 N–H and O–H groups in total. The van der Waals surface area contributed by atoms with Gasteiger partial charge in [0.2, 0.25) is 0 Å². The van der Waals surface area contributed by atoms with Crippen LogP contribution in [-0.4, -0.2) is 58.4 Å². The average Bonchev–Trinajstić information content (AvgIpc) is 3.20. The summed E-state index contributed by atoms with van der Waals surface area (Å²) in [5.41, 5.74) is 0.733. The van der Waals surface area contributed by atoms with Gasteiger partial charge in [0.15, 0.2) is 16.7 Å². The fourth-order valence-electron chi connectivity index (χ4n) is 3.82. The molecule has 1 amide bonds. The normalized spacial score (nSPS) is 16.0. The van der Waals surface area contributed by atoms with Gasteiger partial charge in [-0.2, -0.15) is 8.42 Å². The van der Waals surface area contributed by atoms with Gasteiger partial charge in [0.1, 0.15) is 0 Å². The largest absolute Gasteiger partial charge is 0.493 e. The number of amidine groups is 1. The van der Waals surface area contributed by atoms with Crippen molar-refractivity contribution < 1.29 is 27.4 Å². The Hall–Kier alpha value is -2.82. The lowest BCUT2D eigenvalue weighted by Gasteiger charge is -2.15. The first-order valence-electron chi connectivity index (χ1n) is 12.8. The number of carbonyl (C=O) groups excluding carboxylic acids is 1. The molecule has 0 atom stereocenters. The second-order valence-electron chi connectivity index (χ2n) is 8.75. The van der Waals surface area contributed by atoms with Crippen molar-refractivity contribution in [2.24, 2.45) is 4.40 Å². The van der Waals surface area contributed by atoms with Crippen molar-refractivity contribution in [2.75, 3.05) is 34.0 Å². The van der Waals surface area contributed by atoms with Crippen molar-refractivity contribution in [3.05, 3.63) is 59.0 Å². The number of nitrogens with zero attached hydrogens (tertiary/aromatic N) is 2. The Balaban J connectivity index is 1.81. The molecule has 3 rings (SSSR count). The van der Waals surface area contributed by atoms with Gasteiger partial charge in [-0.3, -0.25) is 9.69 Å². The molecule has 2 aromatic rings. The number of carbonyl (C=O) groups is 1. The summed E-state index contributed by atoms with van der Waals surface area (Å²) in [7, 11) is -0.828. The number of benzene rings is 2. The standard InChI is InChI=1S/C28H36N2O6S2/c1-4-5-6-7-11-19-36-24-16-15-22(20-25(24)35-3)21-26-27(31)30(17-12-18-34-2)28(37-26)29-38(32,33)23-13-9-8-10-14-23/h8-10,13-16,20-21H,4-7,11-12,17-19H2,1-3H3/b26-21-,29-28+. The van der Waals surface area contributed by atoms with E-state index in [1.807, 2.05) is 12.1 Å². The summed E-state index contributed by atoms with van der Waals surface area (Å²) in [6, 6.07) is 13.4. The number of sulfonamides is 1. The van der Waals surface area contributed by atoms with Crippen LogP contribution in [0.3, 0.4) is 0 Å². The van der Waals surface area contributed by atoms with E-state index >= 15 is 0 Å². The zero-order valence-corrected chi connectivity index (χ0v) is 23.9. The second-order valence-corrected chi connectivity index (χ2v) is 11.4. The van der Waals surface area contributed by atoms with Crippen LogP contribution >= 0.6 is 11.8 Å². The van der Waals surface area contributed by atoms with Gasteiger partial charge in [0, 0.05) is 20.3 Å².